The van der Waals surface area contributed by atoms with Crippen molar-refractivity contribution < 1.29 is 14.3 Å². The van der Waals surface area contributed by atoms with Crippen LogP contribution in [0.1, 0.15) is 40.0 Å². The predicted molar refractivity (Wildman–Crippen MR) is 130 cm³/mol. The van der Waals surface area contributed by atoms with E-state index in [1.54, 1.807) is 23.1 Å². The van der Waals surface area contributed by atoms with Crippen LogP contribution in [0.2, 0.25) is 0 Å². The van der Waals surface area contributed by atoms with Crippen LogP contribution in [0.25, 0.3) is 5.65 Å². The van der Waals surface area contributed by atoms with Gasteiger partial charge in [0.15, 0.2) is 0 Å². The van der Waals surface area contributed by atoms with E-state index >= 15 is 0 Å². The fraction of sp³-hybridized carbons (Fsp3) is 0.222. The van der Waals surface area contributed by atoms with Crippen molar-refractivity contribution >= 4 is 23.1 Å². The Labute approximate surface area is 198 Å². The minimum Gasteiger partial charge on any atom is -0.487 e. The first-order valence-electron chi connectivity index (χ1n) is 11.4. The van der Waals surface area contributed by atoms with Crippen molar-refractivity contribution in [3.63, 3.8) is 0 Å². The number of nitrogens with one attached hydrogen (secondary N) is 1. The molecule has 0 spiro atoms. The molecule has 5 rings (SSSR count). The van der Waals surface area contributed by atoms with E-state index in [0.717, 1.165) is 41.1 Å². The first-order chi connectivity index (χ1) is 16.6. The summed E-state index contributed by atoms with van der Waals surface area (Å²) in [7, 11) is 0. The number of carbonyl (C=O) groups is 2. The Kier molecular flexibility index (Phi) is 5.99. The Balaban J connectivity index is 1.18. The molecule has 1 N–H and O–H groups in total. The maximum atomic E-state index is 12.7. The first-order valence-corrected chi connectivity index (χ1v) is 11.4. The summed E-state index contributed by atoms with van der Waals surface area (Å²) in [5, 5.41) is 2.95. The lowest BCUT2D eigenvalue weighted by Crippen LogP contribution is -2.24. The summed E-state index contributed by atoms with van der Waals surface area (Å²) in [4.78, 5) is 31.0. The number of imidazole rings is 1. The molecule has 34 heavy (non-hydrogen) atoms. The number of aromatic nitrogens is 2. The molecular formula is C27H26N4O3. The number of fused-ring (bicyclic) bond motifs is 1. The Morgan fingerprint density at radius 1 is 1.12 bits per heavy atom. The van der Waals surface area contributed by atoms with Gasteiger partial charge in [0.25, 0.3) is 5.91 Å². The van der Waals surface area contributed by atoms with Gasteiger partial charge in [0.1, 0.15) is 18.0 Å². The molecule has 1 fully saturated rings. The highest BCUT2D eigenvalue weighted by molar-refractivity contribution is 5.95. The van der Waals surface area contributed by atoms with E-state index in [-0.39, 0.29) is 11.8 Å². The van der Waals surface area contributed by atoms with E-state index in [1.807, 2.05) is 66.2 Å². The third kappa shape index (κ3) is 4.64. The van der Waals surface area contributed by atoms with Gasteiger partial charge in [-0.3, -0.25) is 9.59 Å². The molecule has 1 saturated heterocycles. The molecule has 1 aliphatic heterocycles. The maximum absolute atomic E-state index is 12.7. The second kappa shape index (κ2) is 9.39. The van der Waals surface area contributed by atoms with Crippen molar-refractivity contribution in [2.75, 3.05) is 11.4 Å². The fourth-order valence-electron chi connectivity index (χ4n) is 4.16. The lowest BCUT2D eigenvalue weighted by atomic mass is 10.1. The largest absolute Gasteiger partial charge is 0.487 e. The average molecular weight is 455 g/mol. The molecule has 4 aromatic rings. The first kappa shape index (κ1) is 21.7. The number of hydrogen-bond donors (Lipinski definition) is 1. The number of hydrogen-bond acceptors (Lipinski definition) is 4. The van der Waals surface area contributed by atoms with Gasteiger partial charge < -0.3 is 19.4 Å². The normalized spacial score (nSPS) is 13.4. The molecule has 1 aliphatic rings. The highest BCUT2D eigenvalue weighted by Crippen LogP contribution is 2.22. The van der Waals surface area contributed by atoms with Crippen LogP contribution in [0, 0.1) is 6.92 Å². The van der Waals surface area contributed by atoms with Crippen LogP contribution in [0.3, 0.4) is 0 Å². The monoisotopic (exact) mass is 454 g/mol. The summed E-state index contributed by atoms with van der Waals surface area (Å²) in [6, 6.07) is 18.9. The SMILES string of the molecule is Cc1cccn2cc(COc3cccc(C(=O)NCc4ccc(N5CCCC5=O)cc4)c3)nc12. The molecular weight excluding hydrogens is 428 g/mol. The molecule has 3 heterocycles. The van der Waals surface area contributed by atoms with Gasteiger partial charge >= 0.3 is 0 Å². The van der Waals surface area contributed by atoms with Gasteiger partial charge in [0.05, 0.1) is 5.69 Å². The lowest BCUT2D eigenvalue weighted by molar-refractivity contribution is -0.117. The molecule has 7 heteroatoms. The number of ether oxygens (including phenoxy) is 1. The summed E-state index contributed by atoms with van der Waals surface area (Å²) < 4.78 is 7.88. The zero-order valence-electron chi connectivity index (χ0n) is 19.0. The number of rotatable bonds is 7. The minimum absolute atomic E-state index is 0.166. The number of anilines is 1. The summed E-state index contributed by atoms with van der Waals surface area (Å²) in [6.45, 7) is 3.51. The Morgan fingerprint density at radius 2 is 1.97 bits per heavy atom. The van der Waals surface area contributed by atoms with E-state index < -0.39 is 0 Å². The predicted octanol–water partition coefficient (Wildman–Crippen LogP) is 4.28. The average Bonchev–Trinajstić information content (AvgIpc) is 3.48. The number of pyridine rings is 1. The van der Waals surface area contributed by atoms with Crippen LogP contribution in [0.5, 0.6) is 5.75 Å². The van der Waals surface area contributed by atoms with Crippen molar-refractivity contribution in [1.29, 1.82) is 0 Å². The van der Waals surface area contributed by atoms with Gasteiger partial charge in [-0.1, -0.05) is 24.3 Å². The number of carbonyl (C=O) groups excluding carboxylic acids is 2. The van der Waals surface area contributed by atoms with Crippen molar-refractivity contribution in [1.82, 2.24) is 14.7 Å². The second-order valence-electron chi connectivity index (χ2n) is 8.47. The number of aryl methyl sites for hydroxylation is 1. The zero-order valence-corrected chi connectivity index (χ0v) is 19.0. The van der Waals surface area contributed by atoms with Crippen LogP contribution >= 0.6 is 0 Å². The number of benzene rings is 2. The summed E-state index contributed by atoms with van der Waals surface area (Å²) in [5.74, 6) is 0.605. The van der Waals surface area contributed by atoms with E-state index in [2.05, 4.69) is 10.3 Å². The van der Waals surface area contributed by atoms with Crippen LogP contribution in [0.4, 0.5) is 5.69 Å². The van der Waals surface area contributed by atoms with Crippen molar-refractivity contribution in [2.24, 2.45) is 0 Å². The quantitative estimate of drug-likeness (QED) is 0.452. The van der Waals surface area contributed by atoms with Crippen LogP contribution in [-0.2, 0) is 17.9 Å². The highest BCUT2D eigenvalue weighted by Gasteiger charge is 2.21. The Hall–Kier alpha value is -4.13. The van der Waals surface area contributed by atoms with Gasteiger partial charge in [-0.15, -0.1) is 0 Å². The van der Waals surface area contributed by atoms with E-state index in [1.165, 1.54) is 0 Å². The standard InChI is InChI=1S/C27H26N4O3/c1-19-5-3-13-30-17-22(29-26(19)30)18-34-24-7-2-6-21(15-24)27(33)28-16-20-9-11-23(12-10-20)31-14-4-8-25(31)32/h2-3,5-7,9-13,15,17H,4,8,14,16,18H2,1H3,(H,28,33). The molecule has 0 saturated carbocycles. The molecule has 2 aromatic heterocycles. The molecule has 0 bridgehead atoms. The lowest BCUT2D eigenvalue weighted by Gasteiger charge is -2.16. The summed E-state index contributed by atoms with van der Waals surface area (Å²) in [5.41, 5.74) is 5.24. The Bertz CT molecular complexity index is 1340. The van der Waals surface area contributed by atoms with E-state index in [0.29, 0.717) is 30.9 Å². The molecule has 0 unspecified atom stereocenters. The van der Waals surface area contributed by atoms with Gasteiger partial charge in [-0.25, -0.2) is 4.98 Å². The van der Waals surface area contributed by atoms with Crippen molar-refractivity contribution in [3.05, 3.63) is 95.4 Å². The smallest absolute Gasteiger partial charge is 0.251 e. The van der Waals surface area contributed by atoms with Gasteiger partial charge in [-0.2, -0.15) is 0 Å². The maximum Gasteiger partial charge on any atom is 0.251 e. The Morgan fingerprint density at radius 3 is 2.74 bits per heavy atom. The van der Waals surface area contributed by atoms with Gasteiger partial charge in [-0.05, 0) is 60.9 Å². The van der Waals surface area contributed by atoms with Crippen LogP contribution in [-0.4, -0.2) is 27.7 Å². The highest BCUT2D eigenvalue weighted by atomic mass is 16.5. The number of nitrogens with zero attached hydrogens (tertiary/aromatic N) is 3. The van der Waals surface area contributed by atoms with E-state index in [4.69, 9.17) is 4.74 Å². The van der Waals surface area contributed by atoms with Gasteiger partial charge in [0.2, 0.25) is 5.91 Å². The minimum atomic E-state index is -0.174. The molecule has 7 nitrogen and oxygen atoms in total. The third-order valence-corrected chi connectivity index (χ3v) is 5.99. The molecule has 172 valence electrons. The fourth-order valence-corrected chi connectivity index (χ4v) is 4.16. The second-order valence-corrected chi connectivity index (χ2v) is 8.47. The van der Waals surface area contributed by atoms with E-state index in [9.17, 15) is 9.59 Å². The number of amides is 2. The molecule has 2 amide bonds. The van der Waals surface area contributed by atoms with Crippen LogP contribution < -0.4 is 15.0 Å². The van der Waals surface area contributed by atoms with Crippen molar-refractivity contribution in [3.8, 4) is 5.75 Å². The van der Waals surface area contributed by atoms with Crippen LogP contribution in [0.15, 0.2) is 73.1 Å². The van der Waals surface area contributed by atoms with Gasteiger partial charge in [0, 0.05) is 43.2 Å². The third-order valence-electron chi connectivity index (χ3n) is 5.99. The topological polar surface area (TPSA) is 75.9 Å². The summed E-state index contributed by atoms with van der Waals surface area (Å²) >= 11 is 0. The van der Waals surface area contributed by atoms with Crippen molar-refractivity contribution in [2.45, 2.75) is 32.9 Å². The molecule has 2 aromatic carbocycles. The molecule has 0 aliphatic carbocycles. The zero-order chi connectivity index (χ0) is 23.5. The summed E-state index contributed by atoms with van der Waals surface area (Å²) in [6.07, 6.45) is 5.42. The molecule has 0 radical (unpaired) electrons. The molecule has 0 atom stereocenters.